The highest BCUT2D eigenvalue weighted by atomic mass is 19.1. The second-order valence-electron chi connectivity index (χ2n) is 9.01. The molecule has 2 aromatic carbocycles. The van der Waals surface area contributed by atoms with Crippen LogP contribution >= 0.6 is 0 Å². The van der Waals surface area contributed by atoms with Crippen molar-refractivity contribution in [3.63, 3.8) is 0 Å². The molecule has 4 rings (SSSR count). The van der Waals surface area contributed by atoms with Crippen molar-refractivity contribution in [2.45, 2.75) is 32.7 Å². The molecule has 1 unspecified atom stereocenters. The van der Waals surface area contributed by atoms with E-state index < -0.39 is 5.41 Å². The van der Waals surface area contributed by atoms with Crippen LogP contribution in [0.4, 0.5) is 4.39 Å². The number of nitrogens with zero attached hydrogens (tertiary/aromatic N) is 2. The van der Waals surface area contributed by atoms with E-state index in [9.17, 15) is 14.0 Å². The van der Waals surface area contributed by atoms with Crippen LogP contribution in [0.2, 0.25) is 0 Å². The van der Waals surface area contributed by atoms with Crippen molar-refractivity contribution in [3.05, 3.63) is 90.0 Å². The van der Waals surface area contributed by atoms with Gasteiger partial charge in [-0.3, -0.25) is 14.6 Å². The van der Waals surface area contributed by atoms with Crippen molar-refractivity contribution < 1.29 is 14.0 Å². The van der Waals surface area contributed by atoms with Gasteiger partial charge >= 0.3 is 0 Å². The Morgan fingerprint density at radius 1 is 1.06 bits per heavy atom. The van der Waals surface area contributed by atoms with Crippen molar-refractivity contribution >= 4 is 11.8 Å². The van der Waals surface area contributed by atoms with Gasteiger partial charge in [-0.2, -0.15) is 0 Å². The number of carbonyl (C=O) groups is 2. The zero-order valence-electron chi connectivity index (χ0n) is 18.9. The second-order valence-corrected chi connectivity index (χ2v) is 9.01. The van der Waals surface area contributed by atoms with E-state index in [1.807, 2.05) is 38.1 Å². The number of halogens is 1. The number of benzene rings is 2. The molecule has 1 aliphatic heterocycles. The zero-order valence-corrected chi connectivity index (χ0v) is 18.9. The molecule has 2 amide bonds. The fourth-order valence-corrected chi connectivity index (χ4v) is 4.44. The van der Waals surface area contributed by atoms with Gasteiger partial charge < -0.3 is 10.2 Å². The lowest BCUT2D eigenvalue weighted by Gasteiger charge is -2.29. The number of likely N-dealkylation sites (tertiary alicyclic amines) is 1. The molecule has 1 atom stereocenters. The quantitative estimate of drug-likeness (QED) is 0.608. The number of carbonyl (C=O) groups excluding carboxylic acids is 2. The Morgan fingerprint density at radius 2 is 1.79 bits per heavy atom. The Bertz CT molecular complexity index is 1130. The fraction of sp³-hybridized carbons (Fsp3) is 0.296. The molecule has 0 radical (unpaired) electrons. The van der Waals surface area contributed by atoms with Gasteiger partial charge in [0.15, 0.2) is 0 Å². The normalized spacial score (nSPS) is 17.9. The third kappa shape index (κ3) is 5.11. The molecule has 170 valence electrons. The summed E-state index contributed by atoms with van der Waals surface area (Å²) >= 11 is 0. The first-order chi connectivity index (χ1) is 15.9. The predicted molar refractivity (Wildman–Crippen MR) is 126 cm³/mol. The molecule has 0 bridgehead atoms. The molecular formula is C27H28FN3O2. The smallest absolute Gasteiger partial charge is 0.253 e. The third-order valence-corrected chi connectivity index (χ3v) is 6.12. The summed E-state index contributed by atoms with van der Waals surface area (Å²) < 4.78 is 13.3. The molecule has 3 aromatic rings. The van der Waals surface area contributed by atoms with Crippen LogP contribution in [0, 0.1) is 11.2 Å². The second kappa shape index (κ2) is 9.53. The van der Waals surface area contributed by atoms with E-state index in [2.05, 4.69) is 10.3 Å². The first kappa shape index (κ1) is 22.6. The van der Waals surface area contributed by atoms with Crippen molar-refractivity contribution in [1.82, 2.24) is 15.2 Å². The molecule has 0 saturated carbocycles. The van der Waals surface area contributed by atoms with Crippen molar-refractivity contribution in [1.29, 1.82) is 0 Å². The highest BCUT2D eigenvalue weighted by Gasteiger charge is 2.46. The average Bonchev–Trinajstić information content (AvgIpc) is 3.25. The highest BCUT2D eigenvalue weighted by molar-refractivity contribution is 5.95. The van der Waals surface area contributed by atoms with E-state index in [0.29, 0.717) is 31.5 Å². The van der Waals surface area contributed by atoms with Crippen LogP contribution in [0.15, 0.2) is 73.1 Å². The summed E-state index contributed by atoms with van der Waals surface area (Å²) in [6.45, 7) is 4.75. The molecule has 1 N–H and O–H groups in total. The minimum Gasteiger partial charge on any atom is -0.353 e. The van der Waals surface area contributed by atoms with Gasteiger partial charge in [0.2, 0.25) is 5.91 Å². The largest absolute Gasteiger partial charge is 0.353 e. The number of hydrogen-bond donors (Lipinski definition) is 1. The van der Waals surface area contributed by atoms with Gasteiger partial charge in [-0.05, 0) is 67.6 Å². The maximum absolute atomic E-state index is 13.4. The van der Waals surface area contributed by atoms with Crippen LogP contribution in [0.25, 0.3) is 11.1 Å². The number of pyridine rings is 1. The highest BCUT2D eigenvalue weighted by Crippen LogP contribution is 2.36. The van der Waals surface area contributed by atoms with Crippen LogP contribution in [0.1, 0.15) is 36.2 Å². The summed E-state index contributed by atoms with van der Waals surface area (Å²) in [6, 6.07) is 17.8. The maximum Gasteiger partial charge on any atom is 0.253 e. The SMILES string of the molecule is CC(C)NC(=O)C1(Cc2cccc(-c3ccc(F)cc3)c2)CCN(C(=O)c2ccncc2)C1. The van der Waals surface area contributed by atoms with Crippen LogP contribution in [-0.4, -0.2) is 40.8 Å². The van der Waals surface area contributed by atoms with Crippen LogP contribution in [0.5, 0.6) is 0 Å². The Labute approximate surface area is 193 Å². The van der Waals surface area contributed by atoms with Crippen LogP contribution in [0.3, 0.4) is 0 Å². The van der Waals surface area contributed by atoms with Crippen molar-refractivity contribution in [2.75, 3.05) is 13.1 Å². The van der Waals surface area contributed by atoms with Gasteiger partial charge in [0.05, 0.1) is 5.41 Å². The lowest BCUT2D eigenvalue weighted by Crippen LogP contribution is -2.47. The predicted octanol–water partition coefficient (Wildman–Crippen LogP) is 4.49. The van der Waals surface area contributed by atoms with Crippen LogP contribution < -0.4 is 5.32 Å². The van der Waals surface area contributed by atoms with E-state index >= 15 is 0 Å². The Morgan fingerprint density at radius 3 is 2.48 bits per heavy atom. The molecule has 1 aromatic heterocycles. The minimum absolute atomic E-state index is 0.00451. The van der Waals surface area contributed by atoms with E-state index in [1.54, 1.807) is 41.6 Å². The van der Waals surface area contributed by atoms with E-state index in [0.717, 1.165) is 16.7 Å². The van der Waals surface area contributed by atoms with Gasteiger partial charge in [-0.1, -0.05) is 36.4 Å². The molecule has 0 aliphatic carbocycles. The van der Waals surface area contributed by atoms with Gasteiger partial charge in [0, 0.05) is 37.1 Å². The minimum atomic E-state index is -0.714. The summed E-state index contributed by atoms with van der Waals surface area (Å²) in [4.78, 5) is 32.2. The summed E-state index contributed by atoms with van der Waals surface area (Å²) in [5.74, 6) is -0.393. The molecule has 1 saturated heterocycles. The molecule has 33 heavy (non-hydrogen) atoms. The Hall–Kier alpha value is -3.54. The Kier molecular flexibility index (Phi) is 6.54. The van der Waals surface area contributed by atoms with Crippen molar-refractivity contribution in [3.8, 4) is 11.1 Å². The van der Waals surface area contributed by atoms with Gasteiger partial charge in [-0.15, -0.1) is 0 Å². The van der Waals surface area contributed by atoms with Crippen molar-refractivity contribution in [2.24, 2.45) is 5.41 Å². The number of hydrogen-bond acceptors (Lipinski definition) is 3. The van der Waals surface area contributed by atoms with Gasteiger partial charge in [0.1, 0.15) is 5.82 Å². The summed E-state index contributed by atoms with van der Waals surface area (Å²) in [5.41, 5.74) is 2.75. The average molecular weight is 446 g/mol. The zero-order chi connectivity index (χ0) is 23.4. The lowest BCUT2D eigenvalue weighted by atomic mass is 9.79. The molecule has 1 fully saturated rings. The molecule has 5 nitrogen and oxygen atoms in total. The summed E-state index contributed by atoms with van der Waals surface area (Å²) in [6.07, 6.45) is 4.30. The number of aromatic nitrogens is 1. The van der Waals surface area contributed by atoms with E-state index in [-0.39, 0.29) is 23.7 Å². The molecule has 2 heterocycles. The first-order valence-corrected chi connectivity index (χ1v) is 11.2. The monoisotopic (exact) mass is 445 g/mol. The molecule has 0 spiro atoms. The van der Waals surface area contributed by atoms with Gasteiger partial charge in [0.25, 0.3) is 5.91 Å². The topological polar surface area (TPSA) is 62.3 Å². The maximum atomic E-state index is 13.4. The van der Waals surface area contributed by atoms with E-state index in [4.69, 9.17) is 0 Å². The standard InChI is InChI=1S/C27H28FN3O2/c1-19(2)30-26(33)27(12-15-31(18-27)25(32)22-10-13-29-14-11-22)17-20-4-3-5-23(16-20)21-6-8-24(28)9-7-21/h3-11,13-14,16,19H,12,15,17-18H2,1-2H3,(H,30,33). The molecular weight excluding hydrogens is 417 g/mol. The van der Waals surface area contributed by atoms with E-state index in [1.165, 1.54) is 12.1 Å². The van der Waals surface area contributed by atoms with Crippen LogP contribution in [-0.2, 0) is 11.2 Å². The molecule has 6 heteroatoms. The summed E-state index contributed by atoms with van der Waals surface area (Å²) in [7, 11) is 0. The third-order valence-electron chi connectivity index (χ3n) is 6.12. The van der Waals surface area contributed by atoms with Gasteiger partial charge in [-0.25, -0.2) is 4.39 Å². The summed E-state index contributed by atoms with van der Waals surface area (Å²) in [5, 5.41) is 3.07. The first-order valence-electron chi connectivity index (χ1n) is 11.2. The Balaban J connectivity index is 1.61. The number of rotatable bonds is 6. The lowest BCUT2D eigenvalue weighted by molar-refractivity contribution is -0.130. The molecule has 1 aliphatic rings. The number of amides is 2. The number of nitrogens with one attached hydrogen (secondary N) is 1. The fourth-order valence-electron chi connectivity index (χ4n) is 4.44.